The summed E-state index contributed by atoms with van der Waals surface area (Å²) < 4.78 is 60.9. The standard InChI is InChI=1S/C21H24F2N2O6S/c1-13(2)25(4)32(28,29)16-9-7-8-15(12-16)20(27)30-14(3)19(26)24-17-10-5-6-11-18(17)31-21(22)23/h5-14,21H,1-4H3,(H,24,26). The molecule has 0 saturated heterocycles. The third-order valence-electron chi connectivity index (χ3n) is 4.49. The second kappa shape index (κ2) is 10.5. The fourth-order valence-corrected chi connectivity index (χ4v) is 3.93. The molecular weight excluding hydrogens is 446 g/mol. The minimum Gasteiger partial charge on any atom is -0.449 e. The number of para-hydroxylation sites is 2. The van der Waals surface area contributed by atoms with Gasteiger partial charge in [0.1, 0.15) is 5.75 Å². The Morgan fingerprint density at radius 1 is 1.03 bits per heavy atom. The van der Waals surface area contributed by atoms with E-state index in [0.717, 1.165) is 10.4 Å². The van der Waals surface area contributed by atoms with Crippen molar-refractivity contribution in [2.45, 2.75) is 44.4 Å². The second-order valence-electron chi connectivity index (χ2n) is 7.05. The molecule has 0 aromatic heterocycles. The summed E-state index contributed by atoms with van der Waals surface area (Å²) in [6, 6.07) is 10.5. The summed E-state index contributed by atoms with van der Waals surface area (Å²) >= 11 is 0. The monoisotopic (exact) mass is 470 g/mol. The summed E-state index contributed by atoms with van der Waals surface area (Å²) in [7, 11) is -2.40. The molecule has 0 aliphatic carbocycles. The molecular formula is C21H24F2N2O6S. The lowest BCUT2D eigenvalue weighted by atomic mass is 10.2. The lowest BCUT2D eigenvalue weighted by molar-refractivity contribution is -0.123. The van der Waals surface area contributed by atoms with E-state index in [0.29, 0.717) is 0 Å². The first-order valence-corrected chi connectivity index (χ1v) is 11.0. The van der Waals surface area contributed by atoms with Crippen molar-refractivity contribution in [2.75, 3.05) is 12.4 Å². The van der Waals surface area contributed by atoms with Crippen LogP contribution in [0.5, 0.6) is 5.75 Å². The molecule has 0 fully saturated rings. The number of benzene rings is 2. The van der Waals surface area contributed by atoms with Gasteiger partial charge in [-0.05, 0) is 51.1 Å². The molecule has 11 heteroatoms. The molecule has 174 valence electrons. The van der Waals surface area contributed by atoms with Crippen LogP contribution in [0.25, 0.3) is 0 Å². The van der Waals surface area contributed by atoms with Crippen molar-refractivity contribution in [3.63, 3.8) is 0 Å². The van der Waals surface area contributed by atoms with Gasteiger partial charge in [0.05, 0.1) is 16.1 Å². The average Bonchev–Trinajstić information content (AvgIpc) is 2.74. The average molecular weight is 470 g/mol. The van der Waals surface area contributed by atoms with Gasteiger partial charge in [-0.3, -0.25) is 4.79 Å². The van der Waals surface area contributed by atoms with E-state index in [1.165, 1.54) is 56.4 Å². The SMILES string of the molecule is CC(OC(=O)c1cccc(S(=O)(=O)N(C)C(C)C)c1)C(=O)Nc1ccccc1OC(F)F. The highest BCUT2D eigenvalue weighted by atomic mass is 32.2. The number of hydrogen-bond acceptors (Lipinski definition) is 6. The van der Waals surface area contributed by atoms with E-state index in [-0.39, 0.29) is 27.9 Å². The lowest BCUT2D eigenvalue weighted by Gasteiger charge is -2.21. The van der Waals surface area contributed by atoms with Gasteiger partial charge in [0.2, 0.25) is 10.0 Å². The summed E-state index contributed by atoms with van der Waals surface area (Å²) in [6.07, 6.45) is -1.30. The number of nitrogens with zero attached hydrogens (tertiary/aromatic N) is 1. The van der Waals surface area contributed by atoms with Crippen LogP contribution >= 0.6 is 0 Å². The first-order valence-electron chi connectivity index (χ1n) is 9.57. The summed E-state index contributed by atoms with van der Waals surface area (Å²) in [5, 5.41) is 2.36. The van der Waals surface area contributed by atoms with Crippen LogP contribution in [-0.2, 0) is 19.6 Å². The number of anilines is 1. The smallest absolute Gasteiger partial charge is 0.387 e. The van der Waals surface area contributed by atoms with Gasteiger partial charge in [0.25, 0.3) is 5.91 Å². The zero-order chi connectivity index (χ0) is 24.1. The Labute approximate surface area is 185 Å². The normalized spacial score (nSPS) is 12.7. The van der Waals surface area contributed by atoms with Crippen LogP contribution in [0.3, 0.4) is 0 Å². The van der Waals surface area contributed by atoms with Crippen molar-refractivity contribution >= 4 is 27.6 Å². The molecule has 2 rings (SSSR count). The molecule has 0 bridgehead atoms. The van der Waals surface area contributed by atoms with E-state index >= 15 is 0 Å². The Morgan fingerprint density at radius 2 is 1.69 bits per heavy atom. The van der Waals surface area contributed by atoms with Gasteiger partial charge in [-0.1, -0.05) is 18.2 Å². The zero-order valence-corrected chi connectivity index (χ0v) is 18.7. The predicted molar refractivity (Wildman–Crippen MR) is 113 cm³/mol. The van der Waals surface area contributed by atoms with Gasteiger partial charge < -0.3 is 14.8 Å². The van der Waals surface area contributed by atoms with Gasteiger partial charge >= 0.3 is 12.6 Å². The summed E-state index contributed by atoms with van der Waals surface area (Å²) in [5.41, 5.74) is -0.0881. The molecule has 2 aromatic carbocycles. The van der Waals surface area contributed by atoms with Crippen molar-refractivity contribution in [3.8, 4) is 5.75 Å². The number of carbonyl (C=O) groups is 2. The highest BCUT2D eigenvalue weighted by molar-refractivity contribution is 7.89. The Hall–Kier alpha value is -3.05. The lowest BCUT2D eigenvalue weighted by Crippen LogP contribution is -2.33. The van der Waals surface area contributed by atoms with Gasteiger partial charge in [-0.2, -0.15) is 13.1 Å². The fraction of sp³-hybridized carbons (Fsp3) is 0.333. The number of sulfonamides is 1. The van der Waals surface area contributed by atoms with Crippen LogP contribution in [0.2, 0.25) is 0 Å². The second-order valence-corrected chi connectivity index (χ2v) is 9.05. The third kappa shape index (κ3) is 6.24. The molecule has 0 aliphatic rings. The number of nitrogens with one attached hydrogen (secondary N) is 1. The van der Waals surface area contributed by atoms with Crippen LogP contribution in [0, 0.1) is 0 Å². The van der Waals surface area contributed by atoms with Crippen LogP contribution in [0.15, 0.2) is 53.4 Å². The number of esters is 1. The number of amides is 1. The van der Waals surface area contributed by atoms with Crippen molar-refractivity contribution in [1.82, 2.24) is 4.31 Å². The van der Waals surface area contributed by atoms with E-state index in [4.69, 9.17) is 4.74 Å². The Morgan fingerprint density at radius 3 is 2.31 bits per heavy atom. The van der Waals surface area contributed by atoms with Crippen molar-refractivity contribution in [1.29, 1.82) is 0 Å². The molecule has 1 unspecified atom stereocenters. The van der Waals surface area contributed by atoms with Crippen molar-refractivity contribution < 1.29 is 36.3 Å². The third-order valence-corrected chi connectivity index (χ3v) is 6.52. The Bertz CT molecular complexity index is 1080. The van der Waals surface area contributed by atoms with Crippen molar-refractivity contribution in [2.24, 2.45) is 0 Å². The molecule has 8 nitrogen and oxygen atoms in total. The van der Waals surface area contributed by atoms with E-state index in [2.05, 4.69) is 10.1 Å². The summed E-state index contributed by atoms with van der Waals surface area (Å²) in [4.78, 5) is 24.7. The highest BCUT2D eigenvalue weighted by Crippen LogP contribution is 2.26. The number of carbonyl (C=O) groups excluding carboxylic acids is 2. The highest BCUT2D eigenvalue weighted by Gasteiger charge is 2.25. The number of ether oxygens (including phenoxy) is 2. The van der Waals surface area contributed by atoms with Crippen molar-refractivity contribution in [3.05, 3.63) is 54.1 Å². The summed E-state index contributed by atoms with van der Waals surface area (Å²) in [5.74, 6) is -1.96. The maximum absolute atomic E-state index is 12.6. The molecule has 0 radical (unpaired) electrons. The van der Waals surface area contributed by atoms with E-state index in [1.54, 1.807) is 13.8 Å². The van der Waals surface area contributed by atoms with Crippen LogP contribution in [0.4, 0.5) is 14.5 Å². The zero-order valence-electron chi connectivity index (χ0n) is 17.9. The molecule has 32 heavy (non-hydrogen) atoms. The van der Waals surface area contributed by atoms with E-state index in [9.17, 15) is 26.8 Å². The molecule has 0 saturated carbocycles. The number of rotatable bonds is 9. The Balaban J connectivity index is 2.13. The van der Waals surface area contributed by atoms with Gasteiger partial charge in [0, 0.05) is 13.1 Å². The first-order chi connectivity index (χ1) is 14.9. The number of alkyl halides is 2. The van der Waals surface area contributed by atoms with Crippen LogP contribution in [-0.4, -0.2) is 50.4 Å². The van der Waals surface area contributed by atoms with Crippen LogP contribution < -0.4 is 10.1 Å². The minimum atomic E-state index is -3.82. The maximum Gasteiger partial charge on any atom is 0.387 e. The van der Waals surface area contributed by atoms with E-state index in [1.807, 2.05) is 0 Å². The van der Waals surface area contributed by atoms with Gasteiger partial charge in [-0.15, -0.1) is 0 Å². The largest absolute Gasteiger partial charge is 0.449 e. The molecule has 1 atom stereocenters. The van der Waals surface area contributed by atoms with E-state index < -0.39 is 34.6 Å². The molecule has 2 aromatic rings. The fourth-order valence-electron chi connectivity index (χ4n) is 2.51. The summed E-state index contributed by atoms with van der Waals surface area (Å²) in [6.45, 7) is 1.62. The van der Waals surface area contributed by atoms with Crippen LogP contribution in [0.1, 0.15) is 31.1 Å². The molecule has 0 spiro atoms. The molecule has 0 heterocycles. The molecule has 1 N–H and O–H groups in total. The number of hydrogen-bond donors (Lipinski definition) is 1. The molecule has 1 amide bonds. The number of halogens is 2. The van der Waals surface area contributed by atoms with Gasteiger partial charge in [0.15, 0.2) is 6.10 Å². The topological polar surface area (TPSA) is 102 Å². The first kappa shape index (κ1) is 25.2. The predicted octanol–water partition coefficient (Wildman–Crippen LogP) is 3.50. The Kier molecular flexibility index (Phi) is 8.28. The maximum atomic E-state index is 12.6. The molecule has 0 aliphatic heterocycles. The minimum absolute atomic E-state index is 0.0227. The van der Waals surface area contributed by atoms with Gasteiger partial charge in [-0.25, -0.2) is 13.2 Å². The quantitative estimate of drug-likeness (QED) is 0.563.